The van der Waals surface area contributed by atoms with Crippen molar-refractivity contribution in [3.8, 4) is 5.75 Å². The number of H-pyrrole nitrogens is 1. The molecule has 37 heavy (non-hydrogen) atoms. The van der Waals surface area contributed by atoms with Gasteiger partial charge in [0.15, 0.2) is 11.4 Å². The van der Waals surface area contributed by atoms with Crippen LogP contribution >= 0.6 is 11.8 Å². The zero-order valence-electron chi connectivity index (χ0n) is 20.5. The molecule has 1 aromatic heterocycles. The number of carbonyl (C=O) groups is 2. The van der Waals surface area contributed by atoms with Crippen LogP contribution < -0.4 is 10.7 Å². The van der Waals surface area contributed by atoms with E-state index in [4.69, 9.17) is 10.8 Å². The van der Waals surface area contributed by atoms with E-state index in [0.29, 0.717) is 37.1 Å². The molecule has 9 nitrogen and oxygen atoms in total. The fourth-order valence-electron chi connectivity index (χ4n) is 4.50. The summed E-state index contributed by atoms with van der Waals surface area (Å²) in [7, 11) is 1.66. The van der Waals surface area contributed by atoms with Gasteiger partial charge in [-0.2, -0.15) is 0 Å². The van der Waals surface area contributed by atoms with Crippen LogP contribution in [0.4, 0.5) is 8.78 Å². The third kappa shape index (κ3) is 6.13. The summed E-state index contributed by atoms with van der Waals surface area (Å²) >= 11 is 0.569. The van der Waals surface area contributed by atoms with Gasteiger partial charge in [-0.05, 0) is 44.9 Å². The minimum atomic E-state index is -0.980. The van der Waals surface area contributed by atoms with E-state index in [1.54, 1.807) is 14.0 Å². The Morgan fingerprint density at radius 1 is 1.27 bits per heavy atom. The molecule has 0 saturated heterocycles. The van der Waals surface area contributed by atoms with E-state index in [9.17, 15) is 28.3 Å². The van der Waals surface area contributed by atoms with E-state index >= 15 is 0 Å². The number of Topliss-reactive ketones (excluding diaryl/α,β-unsaturated/α-hetero) is 1. The van der Waals surface area contributed by atoms with Gasteiger partial charge in [0.1, 0.15) is 28.1 Å². The maximum Gasteiger partial charge on any atom is 0.275 e. The number of aromatic nitrogens is 1. The van der Waals surface area contributed by atoms with Crippen molar-refractivity contribution >= 4 is 33.5 Å². The van der Waals surface area contributed by atoms with Crippen LogP contribution in [0.5, 0.6) is 5.75 Å². The number of nitrogens with zero attached hydrogens (tertiary/aromatic N) is 1. The van der Waals surface area contributed by atoms with Gasteiger partial charge in [-0.15, -0.1) is 0 Å². The minimum absolute atomic E-state index is 0.0135. The molecule has 1 unspecified atom stereocenters. The topological polar surface area (TPSA) is 150 Å². The molecular weight excluding hydrogens is 504 g/mol. The van der Waals surface area contributed by atoms with Gasteiger partial charge in [-0.1, -0.05) is 17.8 Å². The molecule has 12 heteroatoms. The molecule has 1 aliphatic carbocycles. The molecule has 5 N–H and O–H groups in total. The molecular formula is C25H29F2N5O4S. The van der Waals surface area contributed by atoms with Crippen molar-refractivity contribution in [3.63, 3.8) is 0 Å². The normalized spacial score (nSPS) is 17.8. The molecule has 198 valence electrons. The van der Waals surface area contributed by atoms with Crippen LogP contribution in [0.3, 0.4) is 0 Å². The zero-order valence-corrected chi connectivity index (χ0v) is 21.4. The van der Waals surface area contributed by atoms with Crippen molar-refractivity contribution in [1.29, 1.82) is 10.8 Å². The molecule has 1 aliphatic rings. The van der Waals surface area contributed by atoms with Gasteiger partial charge in [0, 0.05) is 38.1 Å². The Kier molecular flexibility index (Phi) is 8.98. The van der Waals surface area contributed by atoms with Gasteiger partial charge in [-0.3, -0.25) is 30.5 Å². The van der Waals surface area contributed by atoms with Gasteiger partial charge in [-0.25, -0.2) is 8.78 Å². The summed E-state index contributed by atoms with van der Waals surface area (Å²) in [5.74, 6) is -3.12. The summed E-state index contributed by atoms with van der Waals surface area (Å²) in [5, 5.41) is 29.4. The van der Waals surface area contributed by atoms with E-state index < -0.39 is 39.4 Å². The lowest BCUT2D eigenvalue weighted by atomic mass is 9.96. The Labute approximate surface area is 216 Å². The van der Waals surface area contributed by atoms with Crippen LogP contribution in [0.1, 0.15) is 60.6 Å². The number of thioether (sulfide) groups is 1. The molecule has 2 aromatic rings. The highest BCUT2D eigenvalue weighted by molar-refractivity contribution is 8.26. The van der Waals surface area contributed by atoms with Crippen LogP contribution in [0.25, 0.3) is 0 Å². The first-order chi connectivity index (χ1) is 17.5. The molecule has 0 spiro atoms. The van der Waals surface area contributed by atoms with E-state index in [1.165, 1.54) is 11.0 Å². The summed E-state index contributed by atoms with van der Waals surface area (Å²) in [6, 6.07) is 2.95. The largest absolute Gasteiger partial charge is 0.503 e. The van der Waals surface area contributed by atoms with Crippen LogP contribution in [0.2, 0.25) is 0 Å². The quantitative estimate of drug-likeness (QED) is 0.159. The van der Waals surface area contributed by atoms with Gasteiger partial charge < -0.3 is 15.0 Å². The number of nitrogens with one attached hydrogen (secondary N) is 4. The molecule has 1 atom stereocenters. The standard InChI is InChI=1S/C25H29F2N5O4S/c1-3-32(25(30-2)9-5-4-6-16(33)12-25)24(36)20-22(35)21(34)17(13-31-20)23(29)37-19(28)10-14-7-8-15(26)11-18(14)27/h7-8,11,13,28-30,35H,3-6,9-10,12H2,1-2H3,(H,31,34). The Morgan fingerprint density at radius 3 is 2.65 bits per heavy atom. The molecule has 1 aromatic carbocycles. The second-order valence-electron chi connectivity index (χ2n) is 8.78. The van der Waals surface area contributed by atoms with Crippen molar-refractivity contribution in [2.75, 3.05) is 13.6 Å². The lowest BCUT2D eigenvalue weighted by Crippen LogP contribution is -2.60. The van der Waals surface area contributed by atoms with Gasteiger partial charge in [0.05, 0.1) is 10.6 Å². The number of halogens is 2. The number of carbonyl (C=O) groups excluding carboxylic acids is 2. The number of hydrogen-bond donors (Lipinski definition) is 5. The van der Waals surface area contributed by atoms with Crippen LogP contribution in [-0.4, -0.2) is 56.0 Å². The number of hydrogen-bond acceptors (Lipinski definition) is 8. The third-order valence-electron chi connectivity index (χ3n) is 6.44. The first kappa shape index (κ1) is 28.2. The predicted octanol–water partition coefficient (Wildman–Crippen LogP) is 3.55. The van der Waals surface area contributed by atoms with Gasteiger partial charge in [0.25, 0.3) is 5.91 Å². The lowest BCUT2D eigenvalue weighted by molar-refractivity contribution is -0.121. The van der Waals surface area contributed by atoms with Crippen molar-refractivity contribution in [2.45, 2.75) is 51.1 Å². The summed E-state index contributed by atoms with van der Waals surface area (Å²) < 4.78 is 27.0. The molecule has 0 bridgehead atoms. The predicted molar refractivity (Wildman–Crippen MR) is 138 cm³/mol. The summed E-state index contributed by atoms with van der Waals surface area (Å²) in [6.07, 6.45) is 3.37. The molecule has 0 aliphatic heterocycles. The van der Waals surface area contributed by atoms with Crippen LogP contribution in [0.15, 0.2) is 29.2 Å². The molecule has 1 heterocycles. The van der Waals surface area contributed by atoms with Crippen molar-refractivity contribution in [1.82, 2.24) is 15.2 Å². The fraction of sp³-hybridized carbons (Fsp3) is 0.400. The van der Waals surface area contributed by atoms with E-state index in [1.807, 2.05) is 0 Å². The summed E-state index contributed by atoms with van der Waals surface area (Å²) in [6.45, 7) is 1.94. The van der Waals surface area contributed by atoms with E-state index in [2.05, 4.69) is 10.3 Å². The third-order valence-corrected chi connectivity index (χ3v) is 7.25. The fourth-order valence-corrected chi connectivity index (χ4v) is 5.24. The monoisotopic (exact) mass is 533 g/mol. The maximum absolute atomic E-state index is 13.9. The van der Waals surface area contributed by atoms with Crippen molar-refractivity contribution in [3.05, 3.63) is 63.1 Å². The van der Waals surface area contributed by atoms with Gasteiger partial charge >= 0.3 is 0 Å². The average Bonchev–Trinajstić information content (AvgIpc) is 3.04. The highest BCUT2D eigenvalue weighted by Gasteiger charge is 2.41. The molecule has 1 fully saturated rings. The Balaban J connectivity index is 1.82. The smallest absolute Gasteiger partial charge is 0.275 e. The summed E-state index contributed by atoms with van der Waals surface area (Å²) in [5.41, 5.74) is -2.54. The van der Waals surface area contributed by atoms with E-state index in [-0.39, 0.29) is 47.0 Å². The first-order valence-corrected chi connectivity index (χ1v) is 12.6. The molecule has 0 radical (unpaired) electrons. The van der Waals surface area contributed by atoms with Gasteiger partial charge in [0.2, 0.25) is 5.43 Å². The SMILES string of the molecule is CCN(C(=O)c1[nH]cc(C(=N)SC(=N)Cc2ccc(F)cc2F)c(=O)c1O)C1(NC)CCCCC(=O)C1. The number of pyridine rings is 1. The summed E-state index contributed by atoms with van der Waals surface area (Å²) in [4.78, 5) is 42.7. The average molecular weight is 534 g/mol. The lowest BCUT2D eigenvalue weighted by Gasteiger charge is -2.42. The Hall–Kier alpha value is -3.38. The molecule has 3 rings (SSSR count). The Bertz CT molecular complexity index is 1300. The van der Waals surface area contributed by atoms with E-state index in [0.717, 1.165) is 18.7 Å². The molecule has 1 saturated carbocycles. The maximum atomic E-state index is 13.9. The zero-order chi connectivity index (χ0) is 27.3. The van der Waals surface area contributed by atoms with Crippen molar-refractivity contribution < 1.29 is 23.5 Å². The minimum Gasteiger partial charge on any atom is -0.503 e. The number of ketones is 1. The number of amides is 1. The highest BCUT2D eigenvalue weighted by atomic mass is 32.2. The Morgan fingerprint density at radius 2 is 2.00 bits per heavy atom. The van der Waals surface area contributed by atoms with Crippen LogP contribution in [-0.2, 0) is 11.2 Å². The molecule has 1 amide bonds. The second kappa shape index (κ2) is 11.8. The number of aromatic amines is 1. The first-order valence-electron chi connectivity index (χ1n) is 11.8. The highest BCUT2D eigenvalue weighted by Crippen LogP contribution is 2.30. The van der Waals surface area contributed by atoms with Crippen molar-refractivity contribution in [2.24, 2.45) is 0 Å². The number of benzene rings is 1. The number of rotatable bonds is 7. The van der Waals surface area contributed by atoms with Crippen LogP contribution in [0, 0.1) is 22.5 Å². The second-order valence-corrected chi connectivity index (χ2v) is 9.88. The number of aromatic hydroxyl groups is 1.